The third-order valence-corrected chi connectivity index (χ3v) is 2.44. The Bertz CT molecular complexity index is 580. The molecule has 110 valence electrons. The number of H-pyrrole nitrogens is 1. The molecule has 0 aliphatic carbocycles. The van der Waals surface area contributed by atoms with Crippen LogP contribution >= 0.6 is 0 Å². The highest BCUT2D eigenvalue weighted by Crippen LogP contribution is 2.26. The van der Waals surface area contributed by atoms with Gasteiger partial charge in [-0.05, 0) is 19.1 Å². The van der Waals surface area contributed by atoms with E-state index in [0.29, 0.717) is 6.07 Å². The lowest BCUT2D eigenvalue weighted by molar-refractivity contribution is -0.141. The number of nitrogens with zero attached hydrogens (tertiary/aromatic N) is 1. The average molecular weight is 292 g/mol. The number of carbonyl (C=O) groups excluding carboxylic acids is 1. The summed E-state index contributed by atoms with van der Waals surface area (Å²) in [5, 5.41) is 8.60. The number of pyridine rings is 1. The molecule has 0 aromatic carbocycles. The summed E-state index contributed by atoms with van der Waals surface area (Å²) in [7, 11) is 0. The van der Waals surface area contributed by atoms with E-state index >= 15 is 0 Å². The van der Waals surface area contributed by atoms with Crippen molar-refractivity contribution < 1.29 is 27.9 Å². The Morgan fingerprint density at radius 2 is 1.95 bits per heavy atom. The van der Waals surface area contributed by atoms with Crippen LogP contribution in [0.4, 0.5) is 13.2 Å². The first-order valence-corrected chi connectivity index (χ1v) is 5.48. The number of hydrogen-bond donors (Lipinski definition) is 2. The second-order valence-electron chi connectivity index (χ2n) is 3.83. The number of amides is 1. The minimum absolute atomic E-state index is 0.00555. The molecule has 0 radical (unpaired) electrons. The molecule has 1 heterocycles. The van der Waals surface area contributed by atoms with Crippen molar-refractivity contribution in [3.8, 4) is 0 Å². The van der Waals surface area contributed by atoms with E-state index in [1.54, 1.807) is 4.98 Å². The summed E-state index contributed by atoms with van der Waals surface area (Å²) in [6.07, 6.45) is -4.73. The molecular formula is C11H11F3N2O4. The fourth-order valence-electron chi connectivity index (χ4n) is 1.47. The van der Waals surface area contributed by atoms with Crippen LogP contribution < -0.4 is 5.56 Å². The maximum atomic E-state index is 12.4. The molecule has 0 fully saturated rings. The molecule has 6 nitrogen and oxygen atoms in total. The number of aromatic amines is 1. The number of nitrogens with one attached hydrogen (secondary N) is 1. The Morgan fingerprint density at radius 3 is 2.35 bits per heavy atom. The summed E-state index contributed by atoms with van der Waals surface area (Å²) in [5.41, 5.74) is -3.03. The molecule has 0 unspecified atom stereocenters. The Morgan fingerprint density at radius 1 is 1.35 bits per heavy atom. The Labute approximate surface area is 110 Å². The standard InChI is InChI=1S/C11H11F3N2O4/c1-2-16(5-8(17)18)10(20)6-3-4-7(11(12,13)14)15-9(6)19/h3-4H,2,5H2,1H3,(H,15,19)(H,17,18). The summed E-state index contributed by atoms with van der Waals surface area (Å²) < 4.78 is 37.1. The second kappa shape index (κ2) is 5.76. The van der Waals surface area contributed by atoms with E-state index in [-0.39, 0.29) is 6.54 Å². The number of rotatable bonds is 4. The third-order valence-electron chi connectivity index (χ3n) is 2.44. The summed E-state index contributed by atoms with van der Waals surface area (Å²) in [4.78, 5) is 36.3. The Balaban J connectivity index is 3.11. The van der Waals surface area contributed by atoms with Crippen LogP contribution in [0.2, 0.25) is 0 Å². The van der Waals surface area contributed by atoms with E-state index in [1.165, 1.54) is 6.92 Å². The number of likely N-dealkylation sites (N-methyl/N-ethyl adjacent to an activating group) is 1. The van der Waals surface area contributed by atoms with Gasteiger partial charge in [-0.3, -0.25) is 14.4 Å². The van der Waals surface area contributed by atoms with Crippen molar-refractivity contribution in [1.29, 1.82) is 0 Å². The summed E-state index contributed by atoms with van der Waals surface area (Å²) in [5.74, 6) is -2.23. The number of carboxylic acids is 1. The van der Waals surface area contributed by atoms with Gasteiger partial charge in [-0.1, -0.05) is 0 Å². The maximum absolute atomic E-state index is 12.4. The molecule has 0 bridgehead atoms. The van der Waals surface area contributed by atoms with E-state index in [9.17, 15) is 27.6 Å². The van der Waals surface area contributed by atoms with Crippen molar-refractivity contribution in [2.24, 2.45) is 0 Å². The van der Waals surface area contributed by atoms with Gasteiger partial charge in [0.05, 0.1) is 0 Å². The molecule has 20 heavy (non-hydrogen) atoms. The summed E-state index contributed by atoms with van der Waals surface area (Å²) >= 11 is 0. The van der Waals surface area contributed by atoms with Crippen LogP contribution in [0.1, 0.15) is 23.0 Å². The number of carbonyl (C=O) groups is 2. The van der Waals surface area contributed by atoms with E-state index in [0.717, 1.165) is 11.0 Å². The predicted molar refractivity (Wildman–Crippen MR) is 61.3 cm³/mol. The van der Waals surface area contributed by atoms with Crippen LogP contribution in [0.5, 0.6) is 0 Å². The van der Waals surface area contributed by atoms with Crippen molar-refractivity contribution >= 4 is 11.9 Å². The van der Waals surface area contributed by atoms with Gasteiger partial charge in [-0.2, -0.15) is 13.2 Å². The Hall–Kier alpha value is -2.32. The number of aromatic nitrogens is 1. The molecule has 9 heteroatoms. The van der Waals surface area contributed by atoms with Crippen LogP contribution in [-0.2, 0) is 11.0 Å². The number of aliphatic carboxylic acids is 1. The minimum Gasteiger partial charge on any atom is -0.480 e. The molecule has 1 rings (SSSR count). The molecule has 0 aliphatic heterocycles. The molecule has 0 atom stereocenters. The number of alkyl halides is 3. The van der Waals surface area contributed by atoms with Crippen molar-refractivity contribution in [1.82, 2.24) is 9.88 Å². The van der Waals surface area contributed by atoms with Gasteiger partial charge in [-0.25, -0.2) is 0 Å². The fraction of sp³-hybridized carbons (Fsp3) is 0.364. The highest BCUT2D eigenvalue weighted by molar-refractivity contribution is 5.95. The lowest BCUT2D eigenvalue weighted by Crippen LogP contribution is -2.38. The molecular weight excluding hydrogens is 281 g/mol. The first-order chi connectivity index (χ1) is 9.16. The van der Waals surface area contributed by atoms with Crippen molar-refractivity contribution in [2.45, 2.75) is 13.1 Å². The van der Waals surface area contributed by atoms with E-state index < -0.39 is 41.4 Å². The van der Waals surface area contributed by atoms with Gasteiger partial charge in [-0.15, -0.1) is 0 Å². The van der Waals surface area contributed by atoms with Gasteiger partial charge >= 0.3 is 12.1 Å². The Kier molecular flexibility index (Phi) is 4.53. The molecule has 1 amide bonds. The first kappa shape index (κ1) is 15.7. The van der Waals surface area contributed by atoms with E-state index in [2.05, 4.69) is 0 Å². The molecule has 0 saturated carbocycles. The van der Waals surface area contributed by atoms with Crippen molar-refractivity contribution in [2.75, 3.05) is 13.1 Å². The quantitative estimate of drug-likeness (QED) is 0.864. The van der Waals surface area contributed by atoms with Crippen LogP contribution in [0.15, 0.2) is 16.9 Å². The van der Waals surface area contributed by atoms with Crippen LogP contribution in [0.3, 0.4) is 0 Å². The molecule has 0 aliphatic rings. The van der Waals surface area contributed by atoms with Gasteiger partial charge in [0.1, 0.15) is 17.8 Å². The lowest BCUT2D eigenvalue weighted by atomic mass is 10.2. The molecule has 0 spiro atoms. The number of carboxylic acid groups (broad SMARTS) is 1. The molecule has 0 saturated heterocycles. The zero-order chi connectivity index (χ0) is 15.5. The number of hydrogen-bond acceptors (Lipinski definition) is 3. The third kappa shape index (κ3) is 3.59. The first-order valence-electron chi connectivity index (χ1n) is 5.48. The highest BCUT2D eigenvalue weighted by atomic mass is 19.4. The van der Waals surface area contributed by atoms with Gasteiger partial charge in [0.2, 0.25) is 0 Å². The molecule has 2 N–H and O–H groups in total. The average Bonchev–Trinajstić information content (AvgIpc) is 2.33. The van der Waals surface area contributed by atoms with Gasteiger partial charge < -0.3 is 15.0 Å². The highest BCUT2D eigenvalue weighted by Gasteiger charge is 2.32. The molecule has 1 aromatic heterocycles. The van der Waals surface area contributed by atoms with Crippen LogP contribution in [-0.4, -0.2) is 40.0 Å². The summed E-state index contributed by atoms with van der Waals surface area (Å²) in [6, 6.07) is 1.29. The smallest absolute Gasteiger partial charge is 0.431 e. The second-order valence-corrected chi connectivity index (χ2v) is 3.83. The maximum Gasteiger partial charge on any atom is 0.431 e. The fourth-order valence-corrected chi connectivity index (χ4v) is 1.47. The van der Waals surface area contributed by atoms with Crippen molar-refractivity contribution in [3.63, 3.8) is 0 Å². The van der Waals surface area contributed by atoms with E-state index in [1.807, 2.05) is 0 Å². The van der Waals surface area contributed by atoms with Gasteiger partial charge in [0.25, 0.3) is 11.5 Å². The lowest BCUT2D eigenvalue weighted by Gasteiger charge is -2.18. The van der Waals surface area contributed by atoms with E-state index in [4.69, 9.17) is 5.11 Å². The van der Waals surface area contributed by atoms with Gasteiger partial charge in [0.15, 0.2) is 0 Å². The minimum atomic E-state index is -4.73. The summed E-state index contributed by atoms with van der Waals surface area (Å²) in [6.45, 7) is 0.848. The SMILES string of the molecule is CCN(CC(=O)O)C(=O)c1ccc(C(F)(F)F)[nH]c1=O. The van der Waals surface area contributed by atoms with Crippen LogP contribution in [0, 0.1) is 0 Å². The zero-order valence-electron chi connectivity index (χ0n) is 10.3. The largest absolute Gasteiger partial charge is 0.480 e. The van der Waals surface area contributed by atoms with Crippen LogP contribution in [0.25, 0.3) is 0 Å². The topological polar surface area (TPSA) is 90.5 Å². The molecule has 1 aromatic rings. The zero-order valence-corrected chi connectivity index (χ0v) is 10.3. The van der Waals surface area contributed by atoms with Crippen molar-refractivity contribution in [3.05, 3.63) is 33.7 Å². The number of halogens is 3. The monoisotopic (exact) mass is 292 g/mol. The normalized spacial score (nSPS) is 11.2. The predicted octanol–water partition coefficient (Wildman–Crippen LogP) is 0.940. The van der Waals surface area contributed by atoms with Gasteiger partial charge in [0, 0.05) is 6.54 Å².